The summed E-state index contributed by atoms with van der Waals surface area (Å²) >= 11 is 1.29. The Balaban J connectivity index is 1.49. The van der Waals surface area contributed by atoms with E-state index in [0.717, 1.165) is 29.7 Å². The van der Waals surface area contributed by atoms with Gasteiger partial charge in [0.05, 0.1) is 5.69 Å². The molecule has 1 atom stereocenters. The summed E-state index contributed by atoms with van der Waals surface area (Å²) in [5.74, 6) is -0.712. The molecule has 7 heteroatoms. The van der Waals surface area contributed by atoms with Crippen molar-refractivity contribution in [2.75, 3.05) is 24.5 Å². The summed E-state index contributed by atoms with van der Waals surface area (Å²) in [7, 11) is 0. The molecule has 0 spiro atoms. The Morgan fingerprint density at radius 2 is 1.67 bits per heavy atom. The van der Waals surface area contributed by atoms with Crippen molar-refractivity contribution in [3.05, 3.63) is 60.2 Å². The minimum Gasteiger partial charge on any atom is -0.350 e. The number of hydrogen-bond acceptors (Lipinski definition) is 4. The summed E-state index contributed by atoms with van der Waals surface area (Å²) in [4.78, 5) is 43.0. The first-order chi connectivity index (χ1) is 14.6. The quantitative estimate of drug-likeness (QED) is 0.751. The zero-order valence-electron chi connectivity index (χ0n) is 16.8. The summed E-state index contributed by atoms with van der Waals surface area (Å²) < 4.78 is 0. The molecule has 0 saturated carbocycles. The number of para-hydroxylation sites is 1. The van der Waals surface area contributed by atoms with Crippen LogP contribution in [-0.4, -0.2) is 47.5 Å². The molecule has 156 valence electrons. The Bertz CT molecular complexity index is 928. The third-order valence-corrected chi connectivity index (χ3v) is 6.66. The lowest BCUT2D eigenvalue weighted by Gasteiger charge is -2.36. The number of hydrogen-bond donors (Lipinski definition) is 1. The fourth-order valence-corrected chi connectivity index (χ4v) is 5.00. The molecule has 2 aromatic rings. The monoisotopic (exact) mass is 423 g/mol. The molecule has 0 aliphatic carbocycles. The first-order valence-electron chi connectivity index (χ1n) is 10.3. The molecule has 2 heterocycles. The number of rotatable bonds is 5. The lowest BCUT2D eigenvalue weighted by Crippen LogP contribution is -2.52. The van der Waals surface area contributed by atoms with E-state index >= 15 is 0 Å². The van der Waals surface area contributed by atoms with Crippen molar-refractivity contribution in [1.29, 1.82) is 0 Å². The number of anilines is 1. The van der Waals surface area contributed by atoms with Gasteiger partial charge >= 0.3 is 0 Å². The van der Waals surface area contributed by atoms with E-state index in [1.807, 2.05) is 54.6 Å². The molecule has 6 nitrogen and oxygen atoms in total. The van der Waals surface area contributed by atoms with E-state index in [0.29, 0.717) is 25.3 Å². The number of fused-ring (bicyclic) bond motifs is 1. The van der Waals surface area contributed by atoms with Crippen molar-refractivity contribution in [2.24, 2.45) is 0 Å². The summed E-state index contributed by atoms with van der Waals surface area (Å²) in [5, 5.41) is 2.04. The minimum atomic E-state index is -0.833. The van der Waals surface area contributed by atoms with Gasteiger partial charge in [-0.25, -0.2) is 0 Å². The van der Waals surface area contributed by atoms with Crippen LogP contribution in [0.4, 0.5) is 5.69 Å². The number of carbonyl (C=O) groups is 3. The lowest BCUT2D eigenvalue weighted by molar-refractivity contribution is -0.135. The molecule has 0 unspecified atom stereocenters. The number of benzene rings is 2. The van der Waals surface area contributed by atoms with E-state index in [9.17, 15) is 14.4 Å². The van der Waals surface area contributed by atoms with Gasteiger partial charge < -0.3 is 15.1 Å². The van der Waals surface area contributed by atoms with Gasteiger partial charge in [-0.15, -0.1) is 11.8 Å². The predicted molar refractivity (Wildman–Crippen MR) is 117 cm³/mol. The van der Waals surface area contributed by atoms with Gasteiger partial charge in [-0.3, -0.25) is 14.4 Å². The molecule has 4 rings (SSSR count). The molecule has 3 amide bonds. The van der Waals surface area contributed by atoms with Crippen molar-refractivity contribution >= 4 is 35.2 Å². The van der Waals surface area contributed by atoms with Crippen molar-refractivity contribution in [2.45, 2.75) is 36.0 Å². The number of piperidine rings is 1. The first kappa shape index (κ1) is 20.5. The zero-order chi connectivity index (χ0) is 20.9. The van der Waals surface area contributed by atoms with Gasteiger partial charge in [0, 0.05) is 24.5 Å². The van der Waals surface area contributed by atoms with Crippen molar-refractivity contribution in [3.63, 3.8) is 0 Å². The second-order valence-corrected chi connectivity index (χ2v) is 8.69. The molecule has 1 saturated heterocycles. The van der Waals surface area contributed by atoms with Gasteiger partial charge in [0.1, 0.15) is 6.54 Å². The number of carbonyl (C=O) groups excluding carboxylic acids is 3. The van der Waals surface area contributed by atoms with Crippen molar-refractivity contribution < 1.29 is 14.4 Å². The van der Waals surface area contributed by atoms with Crippen molar-refractivity contribution in [3.8, 4) is 0 Å². The average Bonchev–Trinajstić information content (AvgIpc) is 2.80. The fraction of sp³-hybridized carbons (Fsp3) is 0.348. The molecule has 2 aromatic carbocycles. The highest BCUT2D eigenvalue weighted by Crippen LogP contribution is 2.39. The van der Waals surface area contributed by atoms with E-state index in [1.165, 1.54) is 16.7 Å². The Labute approximate surface area is 180 Å². The Morgan fingerprint density at radius 3 is 2.43 bits per heavy atom. The molecular weight excluding hydrogens is 398 g/mol. The van der Waals surface area contributed by atoms with Crippen LogP contribution in [0.25, 0.3) is 0 Å². The standard InChI is InChI=1S/C23H25N3O3S/c27-20(24-15-17-9-3-1-4-10-17)16-26-18-11-5-6-12-19(18)30-21(23(26)29)22(28)25-13-7-2-8-14-25/h1,3-6,9-12,21H,2,7-8,13-16H2,(H,24,27)/t21-/m0/s1. The highest BCUT2D eigenvalue weighted by Gasteiger charge is 2.40. The van der Waals surface area contributed by atoms with E-state index in [1.54, 1.807) is 4.90 Å². The second kappa shape index (κ2) is 9.34. The van der Waals surface area contributed by atoms with E-state index < -0.39 is 5.25 Å². The van der Waals surface area contributed by atoms with Gasteiger partial charge in [0.15, 0.2) is 5.25 Å². The summed E-state index contributed by atoms with van der Waals surface area (Å²) in [6.07, 6.45) is 3.06. The highest BCUT2D eigenvalue weighted by atomic mass is 32.2. The van der Waals surface area contributed by atoms with Crippen LogP contribution in [-0.2, 0) is 20.9 Å². The smallest absolute Gasteiger partial charge is 0.250 e. The Hall–Kier alpha value is -2.80. The van der Waals surface area contributed by atoms with Crippen LogP contribution in [0, 0.1) is 0 Å². The summed E-state index contributed by atoms with van der Waals surface area (Å²) in [5.41, 5.74) is 1.68. The molecule has 1 fully saturated rings. The van der Waals surface area contributed by atoms with Gasteiger partial charge in [0.25, 0.3) is 5.91 Å². The Kier molecular flexibility index (Phi) is 6.38. The SMILES string of the molecule is O=C(CN1C(=O)[C@H](C(=O)N2CCCCC2)Sc2ccccc21)NCc1ccccc1. The number of likely N-dealkylation sites (tertiary alicyclic amines) is 1. The van der Waals surface area contributed by atoms with E-state index in [-0.39, 0.29) is 24.3 Å². The molecule has 0 aromatic heterocycles. The van der Waals surface area contributed by atoms with Gasteiger partial charge in [-0.05, 0) is 37.0 Å². The van der Waals surface area contributed by atoms with Gasteiger partial charge in [-0.2, -0.15) is 0 Å². The first-order valence-corrected chi connectivity index (χ1v) is 11.2. The van der Waals surface area contributed by atoms with Crippen LogP contribution in [0.15, 0.2) is 59.5 Å². The van der Waals surface area contributed by atoms with Crippen LogP contribution in [0.2, 0.25) is 0 Å². The third-order valence-electron chi connectivity index (χ3n) is 5.42. The molecule has 0 bridgehead atoms. The van der Waals surface area contributed by atoms with Crippen LogP contribution in [0.5, 0.6) is 0 Å². The number of thioether (sulfide) groups is 1. The summed E-state index contributed by atoms with van der Waals surface area (Å²) in [6.45, 7) is 1.69. The molecule has 30 heavy (non-hydrogen) atoms. The molecule has 2 aliphatic rings. The van der Waals surface area contributed by atoms with Crippen LogP contribution >= 0.6 is 11.8 Å². The molecule has 0 radical (unpaired) electrons. The molecular formula is C23H25N3O3S. The predicted octanol–water partition coefficient (Wildman–Crippen LogP) is 2.82. The highest BCUT2D eigenvalue weighted by molar-refractivity contribution is 8.01. The minimum absolute atomic E-state index is 0.104. The normalized spacial score (nSPS) is 18.7. The largest absolute Gasteiger partial charge is 0.350 e. The fourth-order valence-electron chi connectivity index (χ4n) is 3.81. The maximum absolute atomic E-state index is 13.3. The van der Waals surface area contributed by atoms with Gasteiger partial charge in [0.2, 0.25) is 11.8 Å². The third kappa shape index (κ3) is 4.51. The maximum atomic E-state index is 13.3. The number of nitrogens with one attached hydrogen (secondary N) is 1. The van der Waals surface area contributed by atoms with E-state index in [2.05, 4.69) is 5.32 Å². The molecule has 1 N–H and O–H groups in total. The average molecular weight is 424 g/mol. The van der Waals surface area contributed by atoms with Crippen molar-refractivity contribution in [1.82, 2.24) is 10.2 Å². The van der Waals surface area contributed by atoms with Crippen LogP contribution in [0.1, 0.15) is 24.8 Å². The topological polar surface area (TPSA) is 69.7 Å². The second-order valence-electron chi connectivity index (χ2n) is 7.54. The van der Waals surface area contributed by atoms with Crippen LogP contribution < -0.4 is 10.2 Å². The van der Waals surface area contributed by atoms with E-state index in [4.69, 9.17) is 0 Å². The Morgan fingerprint density at radius 1 is 0.967 bits per heavy atom. The zero-order valence-corrected chi connectivity index (χ0v) is 17.6. The summed E-state index contributed by atoms with van der Waals surface area (Å²) in [6, 6.07) is 17.1. The van der Waals surface area contributed by atoms with Crippen LogP contribution in [0.3, 0.4) is 0 Å². The van der Waals surface area contributed by atoms with Gasteiger partial charge in [-0.1, -0.05) is 42.5 Å². The number of amides is 3. The molecule has 2 aliphatic heterocycles. The maximum Gasteiger partial charge on any atom is 0.250 e. The lowest BCUT2D eigenvalue weighted by atomic mass is 10.1. The number of nitrogens with zero attached hydrogens (tertiary/aromatic N) is 2.